The molecule has 1 saturated heterocycles. The average Bonchev–Trinajstić information content (AvgIpc) is 2.75. The highest BCUT2D eigenvalue weighted by Crippen LogP contribution is 2.28. The highest BCUT2D eigenvalue weighted by atomic mass is 19.1. The van der Waals surface area contributed by atoms with Crippen molar-refractivity contribution in [3.63, 3.8) is 0 Å². The lowest BCUT2D eigenvalue weighted by Crippen LogP contribution is -2.35. The zero-order valence-corrected chi connectivity index (χ0v) is 11.0. The molecule has 1 amide bonds. The molecule has 1 aliphatic rings. The van der Waals surface area contributed by atoms with Crippen molar-refractivity contribution in [2.45, 2.75) is 19.4 Å². The molecule has 2 rings (SSSR count). The summed E-state index contributed by atoms with van der Waals surface area (Å²) in [7, 11) is 0. The van der Waals surface area contributed by atoms with Gasteiger partial charge in [-0.1, -0.05) is 0 Å². The van der Waals surface area contributed by atoms with Crippen LogP contribution < -0.4 is 16.0 Å². The molecule has 20 heavy (non-hydrogen) atoms. The van der Waals surface area contributed by atoms with E-state index in [1.807, 2.05) is 0 Å². The Morgan fingerprint density at radius 1 is 1.50 bits per heavy atom. The monoisotopic (exact) mass is 281 g/mol. The number of carbonyl (C=O) groups is 2. The summed E-state index contributed by atoms with van der Waals surface area (Å²) in [5, 5.41) is 11.8. The van der Waals surface area contributed by atoms with Crippen molar-refractivity contribution in [3.8, 4) is 0 Å². The summed E-state index contributed by atoms with van der Waals surface area (Å²) in [5.41, 5.74) is 5.46. The highest BCUT2D eigenvalue weighted by Gasteiger charge is 2.26. The van der Waals surface area contributed by atoms with Crippen LogP contribution >= 0.6 is 0 Å². The van der Waals surface area contributed by atoms with Gasteiger partial charge in [0.05, 0.1) is 11.3 Å². The molecule has 0 spiro atoms. The first-order valence-corrected chi connectivity index (χ1v) is 6.23. The number of hydrogen-bond donors (Lipinski definition) is 3. The largest absolute Gasteiger partial charge is 0.478 e. The maximum Gasteiger partial charge on any atom is 0.337 e. The van der Waals surface area contributed by atoms with Gasteiger partial charge < -0.3 is 21.1 Å². The van der Waals surface area contributed by atoms with E-state index in [1.165, 1.54) is 13.0 Å². The van der Waals surface area contributed by atoms with Crippen LogP contribution in [-0.2, 0) is 4.79 Å². The van der Waals surface area contributed by atoms with Gasteiger partial charge in [-0.2, -0.15) is 0 Å². The Kier molecular flexibility index (Phi) is 3.78. The van der Waals surface area contributed by atoms with Gasteiger partial charge in [0.2, 0.25) is 5.91 Å². The third-order valence-electron chi connectivity index (χ3n) is 3.29. The number of aromatic carboxylic acids is 1. The second kappa shape index (κ2) is 5.36. The van der Waals surface area contributed by atoms with Crippen LogP contribution in [0.5, 0.6) is 0 Å². The summed E-state index contributed by atoms with van der Waals surface area (Å²) < 4.78 is 13.9. The van der Waals surface area contributed by atoms with E-state index in [-0.39, 0.29) is 28.9 Å². The van der Waals surface area contributed by atoms with E-state index in [2.05, 4.69) is 5.32 Å². The average molecular weight is 281 g/mol. The molecule has 1 atom stereocenters. The molecule has 4 N–H and O–H groups in total. The molecule has 1 aromatic rings. The standard InChI is InChI=1S/C13H16FN3O3/c1-7(18)16-8-2-3-17(6-8)12-4-9(13(19)20)11(15)5-10(12)14/h4-5,8H,2-3,6,15H2,1H3,(H,16,18)(H,19,20). The zero-order valence-electron chi connectivity index (χ0n) is 11.0. The minimum absolute atomic E-state index is 0.0577. The van der Waals surface area contributed by atoms with Gasteiger partial charge in [-0.05, 0) is 18.6 Å². The van der Waals surface area contributed by atoms with Crippen LogP contribution in [0.15, 0.2) is 12.1 Å². The van der Waals surface area contributed by atoms with Crippen LogP contribution in [0.2, 0.25) is 0 Å². The van der Waals surface area contributed by atoms with Gasteiger partial charge in [0, 0.05) is 31.7 Å². The minimum atomic E-state index is -1.19. The van der Waals surface area contributed by atoms with Crippen LogP contribution in [0.1, 0.15) is 23.7 Å². The Labute approximate surface area is 115 Å². The number of nitrogens with two attached hydrogens (primary N) is 1. The first-order chi connectivity index (χ1) is 9.38. The number of halogens is 1. The number of hydrogen-bond acceptors (Lipinski definition) is 4. The van der Waals surface area contributed by atoms with Crippen molar-refractivity contribution in [3.05, 3.63) is 23.5 Å². The molecule has 1 aliphatic heterocycles. The maximum atomic E-state index is 13.9. The minimum Gasteiger partial charge on any atom is -0.478 e. The number of carbonyl (C=O) groups excluding carboxylic acids is 1. The number of benzene rings is 1. The fourth-order valence-corrected chi connectivity index (χ4v) is 2.39. The molecule has 0 aliphatic carbocycles. The van der Waals surface area contributed by atoms with Crippen LogP contribution in [0.25, 0.3) is 0 Å². The topological polar surface area (TPSA) is 95.7 Å². The summed E-state index contributed by atoms with van der Waals surface area (Å²) in [6.45, 7) is 2.42. The Hall–Kier alpha value is -2.31. The summed E-state index contributed by atoms with van der Waals surface area (Å²) >= 11 is 0. The van der Waals surface area contributed by atoms with Gasteiger partial charge >= 0.3 is 5.97 Å². The number of nitrogens with zero attached hydrogens (tertiary/aromatic N) is 1. The fraction of sp³-hybridized carbons (Fsp3) is 0.385. The number of carboxylic acids is 1. The van der Waals surface area contributed by atoms with Crippen molar-refractivity contribution in [1.29, 1.82) is 0 Å². The molecule has 1 aromatic carbocycles. The van der Waals surface area contributed by atoms with Crippen LogP contribution in [0.3, 0.4) is 0 Å². The van der Waals surface area contributed by atoms with Crippen LogP contribution in [0.4, 0.5) is 15.8 Å². The van der Waals surface area contributed by atoms with E-state index >= 15 is 0 Å². The lowest BCUT2D eigenvalue weighted by atomic mass is 10.1. The van der Waals surface area contributed by atoms with E-state index in [9.17, 15) is 14.0 Å². The Morgan fingerprint density at radius 2 is 2.20 bits per heavy atom. The Bertz CT molecular complexity index is 562. The third-order valence-corrected chi connectivity index (χ3v) is 3.29. The third kappa shape index (κ3) is 2.81. The number of anilines is 2. The Balaban J connectivity index is 2.23. The predicted molar refractivity (Wildman–Crippen MR) is 72.2 cm³/mol. The summed E-state index contributed by atoms with van der Waals surface area (Å²) in [5.74, 6) is -1.89. The zero-order chi connectivity index (χ0) is 14.9. The van der Waals surface area contributed by atoms with Gasteiger partial charge in [-0.15, -0.1) is 0 Å². The molecule has 7 heteroatoms. The molecule has 0 radical (unpaired) electrons. The van der Waals surface area contributed by atoms with E-state index in [0.717, 1.165) is 6.07 Å². The molecule has 0 saturated carbocycles. The van der Waals surface area contributed by atoms with Crippen molar-refractivity contribution >= 4 is 23.3 Å². The van der Waals surface area contributed by atoms with E-state index in [0.29, 0.717) is 19.5 Å². The van der Waals surface area contributed by atoms with Gasteiger partial charge in [0.25, 0.3) is 0 Å². The van der Waals surface area contributed by atoms with E-state index < -0.39 is 11.8 Å². The van der Waals surface area contributed by atoms with Crippen molar-refractivity contribution < 1.29 is 19.1 Å². The fourth-order valence-electron chi connectivity index (χ4n) is 2.39. The molecular weight excluding hydrogens is 265 g/mol. The lowest BCUT2D eigenvalue weighted by Gasteiger charge is -2.20. The van der Waals surface area contributed by atoms with Crippen molar-refractivity contribution in [2.24, 2.45) is 0 Å². The number of carboxylic acid groups (broad SMARTS) is 1. The first kappa shape index (κ1) is 14.1. The van der Waals surface area contributed by atoms with Crippen molar-refractivity contribution in [1.82, 2.24) is 5.32 Å². The molecule has 108 valence electrons. The smallest absolute Gasteiger partial charge is 0.337 e. The molecule has 6 nitrogen and oxygen atoms in total. The Morgan fingerprint density at radius 3 is 2.80 bits per heavy atom. The SMILES string of the molecule is CC(=O)NC1CCN(c2cc(C(=O)O)c(N)cc2F)C1. The first-order valence-electron chi connectivity index (χ1n) is 6.23. The number of nitrogens with one attached hydrogen (secondary N) is 1. The summed E-state index contributed by atoms with van der Waals surface area (Å²) in [6.07, 6.45) is 0.686. The molecule has 0 bridgehead atoms. The van der Waals surface area contributed by atoms with E-state index in [4.69, 9.17) is 10.8 Å². The normalized spacial score (nSPS) is 18.1. The lowest BCUT2D eigenvalue weighted by molar-refractivity contribution is -0.119. The second-order valence-electron chi connectivity index (χ2n) is 4.83. The second-order valence-corrected chi connectivity index (χ2v) is 4.83. The number of nitrogen functional groups attached to an aromatic ring is 1. The number of rotatable bonds is 3. The molecular formula is C13H16FN3O3. The molecule has 1 fully saturated rings. The molecule has 1 heterocycles. The molecule has 0 aromatic heterocycles. The van der Waals surface area contributed by atoms with Crippen LogP contribution in [-0.4, -0.2) is 36.1 Å². The van der Waals surface area contributed by atoms with Gasteiger partial charge in [0.1, 0.15) is 5.82 Å². The summed E-state index contributed by atoms with van der Waals surface area (Å²) in [6, 6.07) is 2.20. The maximum absolute atomic E-state index is 13.9. The summed E-state index contributed by atoms with van der Waals surface area (Å²) in [4.78, 5) is 23.7. The van der Waals surface area contributed by atoms with Gasteiger partial charge in [-0.3, -0.25) is 4.79 Å². The quantitative estimate of drug-likeness (QED) is 0.713. The predicted octanol–water partition coefficient (Wildman–Crippen LogP) is 0.821. The number of amides is 1. The van der Waals surface area contributed by atoms with E-state index in [1.54, 1.807) is 4.90 Å². The highest BCUT2D eigenvalue weighted by molar-refractivity contribution is 5.95. The van der Waals surface area contributed by atoms with Gasteiger partial charge in [0.15, 0.2) is 0 Å². The van der Waals surface area contributed by atoms with Crippen molar-refractivity contribution in [2.75, 3.05) is 23.7 Å². The molecule has 1 unspecified atom stereocenters. The van der Waals surface area contributed by atoms with Crippen LogP contribution in [0, 0.1) is 5.82 Å². The van der Waals surface area contributed by atoms with Gasteiger partial charge in [-0.25, -0.2) is 9.18 Å².